The zero-order valence-corrected chi connectivity index (χ0v) is 10.3. The average Bonchev–Trinajstić information content (AvgIpc) is 2.28. The summed E-state index contributed by atoms with van der Waals surface area (Å²) in [4.78, 5) is 11.4. The number of methoxy groups -OCH3 is 1. The topological polar surface area (TPSA) is 73.6 Å². The molecule has 0 aromatic carbocycles. The van der Waals surface area contributed by atoms with Crippen molar-refractivity contribution in [2.45, 2.75) is 19.8 Å². The van der Waals surface area contributed by atoms with Gasteiger partial charge in [0.05, 0.1) is 13.2 Å². The minimum atomic E-state index is -0.000547. The van der Waals surface area contributed by atoms with Crippen molar-refractivity contribution in [3.05, 3.63) is 0 Å². The molecule has 0 heterocycles. The lowest BCUT2D eigenvalue weighted by atomic mass is 10.1. The number of hydrogen-bond donors (Lipinski definition) is 2. The molecule has 1 atom stereocenters. The summed E-state index contributed by atoms with van der Waals surface area (Å²) >= 11 is 0. The van der Waals surface area contributed by atoms with Gasteiger partial charge in [-0.25, -0.2) is 0 Å². The Morgan fingerprint density at radius 3 is 2.75 bits per heavy atom. The van der Waals surface area contributed by atoms with Gasteiger partial charge in [-0.05, 0) is 19.4 Å². The number of rotatable bonds is 10. The normalized spacial score (nSPS) is 12.4. The summed E-state index contributed by atoms with van der Waals surface area (Å²) in [7, 11) is 1.64. The zero-order chi connectivity index (χ0) is 12.2. The van der Waals surface area contributed by atoms with E-state index in [1.54, 1.807) is 7.11 Å². The second kappa shape index (κ2) is 10.9. The van der Waals surface area contributed by atoms with Crippen LogP contribution in [0.25, 0.3) is 0 Å². The van der Waals surface area contributed by atoms with Gasteiger partial charge in [-0.15, -0.1) is 0 Å². The van der Waals surface area contributed by atoms with Crippen molar-refractivity contribution in [3.63, 3.8) is 0 Å². The van der Waals surface area contributed by atoms with Crippen molar-refractivity contribution in [1.29, 1.82) is 0 Å². The van der Waals surface area contributed by atoms with Crippen LogP contribution in [0, 0.1) is 5.92 Å². The van der Waals surface area contributed by atoms with Crippen LogP contribution in [0.2, 0.25) is 0 Å². The highest BCUT2D eigenvalue weighted by atomic mass is 16.5. The minimum Gasteiger partial charge on any atom is -0.382 e. The minimum absolute atomic E-state index is 0.000547. The van der Waals surface area contributed by atoms with Gasteiger partial charge in [0.25, 0.3) is 0 Å². The highest BCUT2D eigenvalue weighted by molar-refractivity contribution is 5.78. The van der Waals surface area contributed by atoms with E-state index in [2.05, 4.69) is 5.32 Å². The molecule has 1 amide bonds. The summed E-state index contributed by atoms with van der Waals surface area (Å²) in [5, 5.41) is 2.85. The van der Waals surface area contributed by atoms with E-state index >= 15 is 0 Å². The molecule has 5 heteroatoms. The van der Waals surface area contributed by atoms with Gasteiger partial charge in [0.15, 0.2) is 0 Å². The van der Waals surface area contributed by atoms with Crippen molar-refractivity contribution in [1.82, 2.24) is 5.32 Å². The van der Waals surface area contributed by atoms with E-state index in [-0.39, 0.29) is 11.8 Å². The summed E-state index contributed by atoms with van der Waals surface area (Å²) in [6, 6.07) is 0. The fraction of sp³-hybridized carbons (Fsp3) is 0.909. The first-order valence-corrected chi connectivity index (χ1v) is 5.76. The Hall–Kier alpha value is -0.650. The van der Waals surface area contributed by atoms with E-state index in [9.17, 15) is 4.79 Å². The van der Waals surface area contributed by atoms with Gasteiger partial charge in [0.2, 0.25) is 5.91 Å². The molecule has 1 unspecified atom stereocenters. The second-order valence-corrected chi connectivity index (χ2v) is 3.73. The van der Waals surface area contributed by atoms with Crippen LogP contribution in [0.15, 0.2) is 0 Å². The third-order valence-corrected chi connectivity index (χ3v) is 2.24. The first-order valence-electron chi connectivity index (χ1n) is 5.76. The van der Waals surface area contributed by atoms with Crippen LogP contribution in [0.3, 0.4) is 0 Å². The van der Waals surface area contributed by atoms with Gasteiger partial charge in [0, 0.05) is 26.2 Å². The maximum absolute atomic E-state index is 11.4. The molecule has 0 aliphatic carbocycles. The van der Waals surface area contributed by atoms with Gasteiger partial charge in [-0.1, -0.05) is 6.92 Å². The smallest absolute Gasteiger partial charge is 0.222 e. The Balaban J connectivity index is 3.27. The number of hydrogen-bond acceptors (Lipinski definition) is 4. The van der Waals surface area contributed by atoms with Crippen LogP contribution < -0.4 is 11.1 Å². The van der Waals surface area contributed by atoms with Crippen molar-refractivity contribution in [2.75, 3.05) is 40.0 Å². The molecule has 5 nitrogen and oxygen atoms in total. The highest BCUT2D eigenvalue weighted by Crippen LogP contribution is 1.99. The van der Waals surface area contributed by atoms with E-state index in [1.165, 1.54) is 0 Å². The first-order chi connectivity index (χ1) is 7.72. The number of nitrogens with two attached hydrogens (primary N) is 1. The Bertz CT molecular complexity index is 177. The fourth-order valence-corrected chi connectivity index (χ4v) is 1.19. The SMILES string of the molecule is COCCOCCCNC(=O)C(C)CCN. The van der Waals surface area contributed by atoms with Gasteiger partial charge >= 0.3 is 0 Å². The molecule has 0 saturated carbocycles. The molecule has 0 bridgehead atoms. The lowest BCUT2D eigenvalue weighted by Crippen LogP contribution is -2.31. The summed E-state index contributed by atoms with van der Waals surface area (Å²) < 4.78 is 10.1. The highest BCUT2D eigenvalue weighted by Gasteiger charge is 2.10. The zero-order valence-electron chi connectivity index (χ0n) is 10.3. The molecule has 0 saturated heterocycles. The molecule has 0 aliphatic heterocycles. The molecule has 3 N–H and O–H groups in total. The Morgan fingerprint density at radius 1 is 1.38 bits per heavy atom. The van der Waals surface area contributed by atoms with Crippen LogP contribution in [0.5, 0.6) is 0 Å². The third kappa shape index (κ3) is 8.64. The Kier molecular flexibility index (Phi) is 10.4. The molecule has 0 aromatic heterocycles. The molecule has 0 spiro atoms. The van der Waals surface area contributed by atoms with Gasteiger partial charge in [0.1, 0.15) is 0 Å². The summed E-state index contributed by atoms with van der Waals surface area (Å²) in [6.45, 7) is 4.95. The van der Waals surface area contributed by atoms with E-state index in [4.69, 9.17) is 15.2 Å². The predicted molar refractivity (Wildman–Crippen MR) is 63.2 cm³/mol. The summed E-state index contributed by atoms with van der Waals surface area (Å²) in [5.74, 6) is 0.0711. The van der Waals surface area contributed by atoms with E-state index in [1.807, 2.05) is 6.92 Å². The third-order valence-electron chi connectivity index (χ3n) is 2.24. The molecule has 96 valence electrons. The summed E-state index contributed by atoms with van der Waals surface area (Å²) in [6.07, 6.45) is 1.56. The molecule has 0 rings (SSSR count). The largest absolute Gasteiger partial charge is 0.382 e. The number of nitrogens with one attached hydrogen (secondary N) is 1. The average molecular weight is 232 g/mol. The monoisotopic (exact) mass is 232 g/mol. The van der Waals surface area contributed by atoms with Crippen LogP contribution in [-0.2, 0) is 14.3 Å². The number of ether oxygens (including phenoxy) is 2. The van der Waals surface area contributed by atoms with Crippen LogP contribution in [0.4, 0.5) is 0 Å². The lowest BCUT2D eigenvalue weighted by Gasteiger charge is -2.10. The molecule has 0 aromatic rings. The van der Waals surface area contributed by atoms with E-state index in [0.717, 1.165) is 12.8 Å². The molecule has 16 heavy (non-hydrogen) atoms. The van der Waals surface area contributed by atoms with Crippen molar-refractivity contribution >= 4 is 5.91 Å². The summed E-state index contributed by atoms with van der Waals surface area (Å²) in [5.41, 5.74) is 5.38. The maximum Gasteiger partial charge on any atom is 0.222 e. The van der Waals surface area contributed by atoms with Crippen LogP contribution in [0.1, 0.15) is 19.8 Å². The van der Waals surface area contributed by atoms with E-state index < -0.39 is 0 Å². The van der Waals surface area contributed by atoms with Gasteiger partial charge < -0.3 is 20.5 Å². The van der Waals surface area contributed by atoms with Gasteiger partial charge in [-0.2, -0.15) is 0 Å². The van der Waals surface area contributed by atoms with Crippen molar-refractivity contribution in [3.8, 4) is 0 Å². The van der Waals surface area contributed by atoms with Gasteiger partial charge in [-0.3, -0.25) is 4.79 Å². The maximum atomic E-state index is 11.4. The molecule has 0 radical (unpaired) electrons. The van der Waals surface area contributed by atoms with Crippen LogP contribution in [-0.4, -0.2) is 45.9 Å². The van der Waals surface area contributed by atoms with Crippen LogP contribution >= 0.6 is 0 Å². The molecule has 0 fully saturated rings. The molecule has 0 aliphatic rings. The number of carbonyl (C=O) groups excluding carboxylic acids is 1. The lowest BCUT2D eigenvalue weighted by molar-refractivity contribution is -0.124. The standard InChI is InChI=1S/C11H24N2O3/c1-10(4-5-12)11(14)13-6-3-7-16-9-8-15-2/h10H,3-9,12H2,1-2H3,(H,13,14). The number of carbonyl (C=O) groups is 1. The first kappa shape index (κ1) is 15.3. The second-order valence-electron chi connectivity index (χ2n) is 3.73. The molecular weight excluding hydrogens is 208 g/mol. The quantitative estimate of drug-likeness (QED) is 0.525. The molecular formula is C11H24N2O3. The Morgan fingerprint density at radius 2 is 2.12 bits per heavy atom. The Labute approximate surface area is 97.7 Å². The van der Waals surface area contributed by atoms with Crippen molar-refractivity contribution in [2.24, 2.45) is 11.7 Å². The fourth-order valence-electron chi connectivity index (χ4n) is 1.19. The van der Waals surface area contributed by atoms with E-state index in [0.29, 0.717) is 32.9 Å². The number of amides is 1. The predicted octanol–water partition coefficient (Wildman–Crippen LogP) is 0.141. The van der Waals surface area contributed by atoms with Crippen molar-refractivity contribution < 1.29 is 14.3 Å².